The molecule has 15 heavy (non-hydrogen) atoms. The van der Waals surface area contributed by atoms with Gasteiger partial charge in [0.25, 0.3) is 0 Å². The molecule has 0 bridgehead atoms. The van der Waals surface area contributed by atoms with Crippen molar-refractivity contribution in [3.05, 3.63) is 11.2 Å². The molecule has 1 aliphatic rings. The average molecular weight is 229 g/mol. The van der Waals surface area contributed by atoms with Crippen molar-refractivity contribution < 1.29 is 5.11 Å². The van der Waals surface area contributed by atoms with E-state index in [0.717, 1.165) is 12.8 Å². The lowest BCUT2D eigenvalue weighted by Gasteiger charge is -2.34. The maximum Gasteiger partial charge on any atom is 0.223 e. The zero-order chi connectivity index (χ0) is 10.8. The van der Waals surface area contributed by atoms with Crippen LogP contribution in [-0.4, -0.2) is 27.7 Å². The Hall–Kier alpha value is -1.07. The second-order valence-corrected chi connectivity index (χ2v) is 4.18. The fourth-order valence-electron chi connectivity index (χ4n) is 1.72. The Morgan fingerprint density at radius 1 is 1.53 bits per heavy atom. The van der Waals surface area contributed by atoms with E-state index in [4.69, 9.17) is 22.4 Å². The van der Waals surface area contributed by atoms with Crippen molar-refractivity contribution in [2.75, 3.05) is 17.7 Å². The number of nitrogen functional groups attached to an aromatic ring is 1. The van der Waals surface area contributed by atoms with Gasteiger partial charge in [0.05, 0.1) is 0 Å². The van der Waals surface area contributed by atoms with Gasteiger partial charge in [-0.15, -0.1) is 0 Å². The van der Waals surface area contributed by atoms with Crippen LogP contribution in [0.1, 0.15) is 12.8 Å². The third-order valence-electron chi connectivity index (χ3n) is 2.56. The van der Waals surface area contributed by atoms with Gasteiger partial charge in [-0.25, -0.2) is 4.98 Å². The molecule has 0 unspecified atom stereocenters. The van der Waals surface area contributed by atoms with Crippen molar-refractivity contribution >= 4 is 23.4 Å². The summed E-state index contributed by atoms with van der Waals surface area (Å²) >= 11 is 5.74. The first-order chi connectivity index (χ1) is 7.17. The molecule has 82 valence electrons. The summed E-state index contributed by atoms with van der Waals surface area (Å²) in [5, 5.41) is 12.4. The van der Waals surface area contributed by atoms with Gasteiger partial charge in [-0.2, -0.15) is 4.98 Å². The van der Waals surface area contributed by atoms with Crippen molar-refractivity contribution in [1.29, 1.82) is 0 Å². The molecule has 0 saturated heterocycles. The maximum absolute atomic E-state index is 8.86. The highest BCUT2D eigenvalue weighted by Gasteiger charge is 2.28. The number of hydrogen-bond acceptors (Lipinski definition) is 5. The van der Waals surface area contributed by atoms with E-state index in [-0.39, 0.29) is 12.6 Å². The van der Waals surface area contributed by atoms with Crippen molar-refractivity contribution in [3.63, 3.8) is 0 Å². The number of hydrogen-bond donors (Lipinski definition) is 3. The minimum atomic E-state index is 0.169. The molecule has 0 amide bonds. The van der Waals surface area contributed by atoms with Gasteiger partial charge in [0.2, 0.25) is 5.95 Å². The normalized spacial score (nSPS) is 24.7. The number of rotatable bonds is 3. The average Bonchev–Trinajstić information content (AvgIpc) is 2.08. The topological polar surface area (TPSA) is 84.1 Å². The number of aliphatic hydroxyl groups is 1. The van der Waals surface area contributed by atoms with E-state index >= 15 is 0 Å². The highest BCUT2D eigenvalue weighted by molar-refractivity contribution is 6.29. The lowest BCUT2D eigenvalue weighted by Crippen LogP contribution is -2.37. The number of nitrogens with zero attached hydrogens (tertiary/aromatic N) is 2. The fraction of sp³-hybridized carbons (Fsp3) is 0.556. The molecule has 2 rings (SSSR count). The van der Waals surface area contributed by atoms with Crippen LogP contribution in [0.5, 0.6) is 0 Å². The van der Waals surface area contributed by atoms with E-state index in [0.29, 0.717) is 22.9 Å². The Kier molecular flexibility index (Phi) is 2.93. The van der Waals surface area contributed by atoms with Crippen molar-refractivity contribution in [1.82, 2.24) is 9.97 Å². The van der Waals surface area contributed by atoms with E-state index in [2.05, 4.69) is 15.3 Å². The van der Waals surface area contributed by atoms with E-state index < -0.39 is 0 Å². The van der Waals surface area contributed by atoms with Crippen LogP contribution in [-0.2, 0) is 0 Å². The Bertz CT molecular complexity index is 334. The van der Waals surface area contributed by atoms with Gasteiger partial charge in [-0.1, -0.05) is 11.6 Å². The largest absolute Gasteiger partial charge is 0.396 e. The van der Waals surface area contributed by atoms with Crippen molar-refractivity contribution in [2.45, 2.75) is 18.9 Å². The Morgan fingerprint density at radius 3 is 2.87 bits per heavy atom. The number of aliphatic hydroxyl groups excluding tert-OH is 1. The molecule has 0 aliphatic heterocycles. The summed E-state index contributed by atoms with van der Waals surface area (Å²) in [4.78, 5) is 7.78. The van der Waals surface area contributed by atoms with Crippen LogP contribution in [0.15, 0.2) is 6.07 Å². The quantitative estimate of drug-likeness (QED) is 0.670. The number of halogens is 1. The fourth-order valence-corrected chi connectivity index (χ4v) is 1.91. The van der Waals surface area contributed by atoms with Crippen LogP contribution in [0.25, 0.3) is 0 Å². The van der Waals surface area contributed by atoms with Crippen LogP contribution >= 0.6 is 11.6 Å². The molecule has 1 saturated carbocycles. The van der Waals surface area contributed by atoms with Gasteiger partial charge in [-0.3, -0.25) is 0 Å². The molecular weight excluding hydrogens is 216 g/mol. The van der Waals surface area contributed by atoms with Gasteiger partial charge < -0.3 is 16.2 Å². The van der Waals surface area contributed by atoms with E-state index in [1.165, 1.54) is 0 Å². The molecule has 0 radical (unpaired) electrons. The van der Waals surface area contributed by atoms with Gasteiger partial charge >= 0.3 is 0 Å². The summed E-state index contributed by atoms with van der Waals surface area (Å²) in [6.45, 7) is 0.255. The zero-order valence-corrected chi connectivity index (χ0v) is 8.91. The van der Waals surface area contributed by atoms with Crippen LogP contribution in [0, 0.1) is 5.92 Å². The monoisotopic (exact) mass is 228 g/mol. The first-order valence-corrected chi connectivity index (χ1v) is 5.22. The van der Waals surface area contributed by atoms with E-state index in [1.807, 2.05) is 0 Å². The minimum absolute atomic E-state index is 0.169. The second-order valence-electron chi connectivity index (χ2n) is 3.80. The highest BCUT2D eigenvalue weighted by atomic mass is 35.5. The lowest BCUT2D eigenvalue weighted by molar-refractivity contribution is 0.151. The Labute approximate surface area is 92.7 Å². The molecule has 1 aromatic heterocycles. The number of nitrogens with two attached hydrogens (primary N) is 1. The number of nitrogens with one attached hydrogen (secondary N) is 1. The molecule has 1 heterocycles. The Morgan fingerprint density at radius 2 is 2.27 bits per heavy atom. The molecule has 1 aromatic rings. The lowest BCUT2D eigenvalue weighted by atomic mass is 9.81. The molecule has 6 heteroatoms. The molecule has 0 aromatic carbocycles. The van der Waals surface area contributed by atoms with Crippen LogP contribution in [0.2, 0.25) is 5.15 Å². The summed E-state index contributed by atoms with van der Waals surface area (Å²) in [6, 6.07) is 2.00. The van der Waals surface area contributed by atoms with E-state index in [1.54, 1.807) is 6.07 Å². The summed E-state index contributed by atoms with van der Waals surface area (Å²) in [5.41, 5.74) is 5.46. The minimum Gasteiger partial charge on any atom is -0.396 e. The van der Waals surface area contributed by atoms with Gasteiger partial charge in [0, 0.05) is 18.7 Å². The zero-order valence-electron chi connectivity index (χ0n) is 8.15. The summed E-state index contributed by atoms with van der Waals surface area (Å²) in [5.74, 6) is 1.23. The molecular formula is C9H13ClN4O. The first-order valence-electron chi connectivity index (χ1n) is 4.85. The third kappa shape index (κ3) is 2.49. The molecule has 0 spiro atoms. The molecule has 0 atom stereocenters. The molecule has 5 nitrogen and oxygen atoms in total. The SMILES string of the molecule is Nc1nc(Cl)cc(NC2CC(CO)C2)n1. The molecule has 4 N–H and O–H groups in total. The smallest absolute Gasteiger partial charge is 0.223 e. The van der Waals surface area contributed by atoms with Crippen LogP contribution in [0.4, 0.5) is 11.8 Å². The molecule has 1 aliphatic carbocycles. The highest BCUT2D eigenvalue weighted by Crippen LogP contribution is 2.29. The van der Waals surface area contributed by atoms with Gasteiger partial charge in [-0.05, 0) is 18.8 Å². The predicted molar refractivity (Wildman–Crippen MR) is 58.7 cm³/mol. The second kappa shape index (κ2) is 4.20. The van der Waals surface area contributed by atoms with Crippen LogP contribution in [0.3, 0.4) is 0 Å². The predicted octanol–water partition coefficient (Wildman–Crippen LogP) is 0.895. The van der Waals surface area contributed by atoms with Crippen molar-refractivity contribution in [3.8, 4) is 0 Å². The first kappa shape index (κ1) is 10.4. The maximum atomic E-state index is 8.86. The van der Waals surface area contributed by atoms with E-state index in [9.17, 15) is 0 Å². The molecule has 1 fully saturated rings. The standard InChI is InChI=1S/C9H13ClN4O/c10-7-3-8(14-9(11)13-7)12-6-1-5(2-6)4-15/h3,5-6,15H,1-2,4H2,(H3,11,12,13,14). The van der Waals surface area contributed by atoms with Crippen molar-refractivity contribution in [2.24, 2.45) is 5.92 Å². The number of aromatic nitrogens is 2. The summed E-state index contributed by atoms with van der Waals surface area (Å²) < 4.78 is 0. The van der Waals surface area contributed by atoms with Gasteiger partial charge in [0.1, 0.15) is 11.0 Å². The number of anilines is 2. The van der Waals surface area contributed by atoms with Gasteiger partial charge in [0.15, 0.2) is 0 Å². The van der Waals surface area contributed by atoms with Crippen LogP contribution < -0.4 is 11.1 Å². The Balaban J connectivity index is 1.94. The third-order valence-corrected chi connectivity index (χ3v) is 2.75. The summed E-state index contributed by atoms with van der Waals surface area (Å²) in [7, 11) is 0. The summed E-state index contributed by atoms with van der Waals surface area (Å²) in [6.07, 6.45) is 1.91.